The Hall–Kier alpha value is -3.48. The second-order valence-electron chi connectivity index (χ2n) is 6.68. The molecule has 8 nitrogen and oxygen atoms in total. The van der Waals surface area contributed by atoms with Crippen molar-refractivity contribution in [2.24, 2.45) is 7.05 Å². The molecule has 0 saturated carbocycles. The highest BCUT2D eigenvalue weighted by Crippen LogP contribution is 2.36. The van der Waals surface area contributed by atoms with Crippen molar-refractivity contribution >= 4 is 21.7 Å². The molecule has 174 valence electrons. The molecule has 0 aliphatic heterocycles. The highest BCUT2D eigenvalue weighted by Gasteiger charge is 2.35. The topological polar surface area (TPSA) is 92.4 Å². The van der Waals surface area contributed by atoms with Crippen molar-refractivity contribution < 1.29 is 31.8 Å². The highest BCUT2D eigenvalue weighted by atomic mass is 79.9. The second kappa shape index (κ2) is 9.17. The number of benzene rings is 1. The summed E-state index contributed by atoms with van der Waals surface area (Å²) in [6.45, 7) is 1.01. The first-order valence-corrected chi connectivity index (χ1v) is 9.84. The van der Waals surface area contributed by atoms with Crippen molar-refractivity contribution in [1.82, 2.24) is 14.1 Å². The lowest BCUT2D eigenvalue weighted by Crippen LogP contribution is -2.41. The minimum Gasteiger partial charge on any atom is -0.467 e. The Bertz CT molecular complexity index is 1350. The molecule has 0 aliphatic rings. The molecule has 33 heavy (non-hydrogen) atoms. The summed E-state index contributed by atoms with van der Waals surface area (Å²) in [5.74, 6) is -1.51. The van der Waals surface area contributed by atoms with Crippen LogP contribution in [0.1, 0.15) is 12.6 Å². The smallest absolute Gasteiger partial charge is 0.431 e. The van der Waals surface area contributed by atoms with E-state index in [-0.39, 0.29) is 49.4 Å². The van der Waals surface area contributed by atoms with Gasteiger partial charge in [0.2, 0.25) is 0 Å². The Morgan fingerprint density at radius 2 is 1.88 bits per heavy atom. The quantitative estimate of drug-likeness (QED) is 0.451. The Labute approximate surface area is 191 Å². The predicted molar refractivity (Wildman–Crippen MR) is 110 cm³/mol. The fraction of sp³-hybridized carbons (Fsp3) is 0.200. The number of rotatable bonds is 6. The van der Waals surface area contributed by atoms with E-state index < -0.39 is 34.6 Å². The monoisotopic (exact) mass is 531 g/mol. The number of hydrogen-bond donors (Lipinski definition) is 0. The molecule has 0 amide bonds. The van der Waals surface area contributed by atoms with Crippen LogP contribution >= 0.6 is 15.9 Å². The number of carbonyl (C=O) groups excluding carboxylic acids is 1. The molecule has 13 heteroatoms. The van der Waals surface area contributed by atoms with E-state index in [0.29, 0.717) is 0 Å². The van der Waals surface area contributed by atoms with Gasteiger partial charge in [0.05, 0.1) is 10.2 Å². The van der Waals surface area contributed by atoms with E-state index in [2.05, 4.69) is 20.9 Å². The number of Topliss-reactive ketones (excluding diaryl/α,β-unsaturated/α-hetero) is 1. The summed E-state index contributed by atoms with van der Waals surface area (Å²) in [7, 11) is 0.809. The highest BCUT2D eigenvalue weighted by molar-refractivity contribution is 9.10. The Kier molecular flexibility index (Phi) is 6.72. The number of alkyl halides is 3. The van der Waals surface area contributed by atoms with E-state index >= 15 is 0 Å². The van der Waals surface area contributed by atoms with E-state index in [9.17, 15) is 31.9 Å². The normalized spacial score (nSPS) is 11.4. The molecule has 0 spiro atoms. The van der Waals surface area contributed by atoms with Gasteiger partial charge in [0, 0.05) is 25.4 Å². The molecule has 0 unspecified atom stereocenters. The SMILES string of the molecule is CC(=O)COc1ncccc1Oc1cc(-n2c(=O)cc(C(F)(F)F)n(C)c2=O)c(F)cc1Br. The average Bonchev–Trinajstić information content (AvgIpc) is 2.72. The zero-order valence-electron chi connectivity index (χ0n) is 16.9. The number of pyridine rings is 1. The second-order valence-corrected chi connectivity index (χ2v) is 7.53. The standard InChI is InChI=1S/C20H14BrF4N3O5/c1-10(29)9-32-18-14(4-3-5-26-18)33-15-7-13(12(22)6-11(15)21)28-17(30)8-16(20(23,24)25)27(2)19(28)31/h3-8H,9H2,1-2H3. The Morgan fingerprint density at radius 1 is 1.18 bits per heavy atom. The largest absolute Gasteiger partial charge is 0.467 e. The van der Waals surface area contributed by atoms with Crippen LogP contribution in [0.4, 0.5) is 17.6 Å². The number of carbonyl (C=O) groups is 1. The fourth-order valence-electron chi connectivity index (χ4n) is 2.74. The van der Waals surface area contributed by atoms with Crippen molar-refractivity contribution in [3.63, 3.8) is 0 Å². The summed E-state index contributed by atoms with van der Waals surface area (Å²) in [6, 6.07) is 4.95. The van der Waals surface area contributed by atoms with Crippen LogP contribution in [-0.4, -0.2) is 26.5 Å². The molecular formula is C20H14BrF4N3O5. The number of halogens is 5. The van der Waals surface area contributed by atoms with Gasteiger partial charge in [0.25, 0.3) is 11.4 Å². The van der Waals surface area contributed by atoms with Gasteiger partial charge in [-0.05, 0) is 41.1 Å². The van der Waals surface area contributed by atoms with Crippen LogP contribution in [0.25, 0.3) is 5.69 Å². The van der Waals surface area contributed by atoms with E-state index in [4.69, 9.17) is 9.47 Å². The van der Waals surface area contributed by atoms with Crippen molar-refractivity contribution in [3.05, 3.63) is 73.4 Å². The Balaban J connectivity index is 2.12. The van der Waals surface area contributed by atoms with Gasteiger partial charge in [-0.25, -0.2) is 18.7 Å². The first-order chi connectivity index (χ1) is 15.4. The average molecular weight is 532 g/mol. The van der Waals surface area contributed by atoms with E-state index in [0.717, 1.165) is 19.2 Å². The molecule has 0 saturated heterocycles. The van der Waals surface area contributed by atoms with Crippen LogP contribution in [0.15, 0.2) is 50.6 Å². The molecule has 0 fully saturated rings. The fourth-order valence-corrected chi connectivity index (χ4v) is 3.13. The van der Waals surface area contributed by atoms with Crippen molar-refractivity contribution in [1.29, 1.82) is 0 Å². The maximum atomic E-state index is 14.7. The van der Waals surface area contributed by atoms with Gasteiger partial charge in [-0.1, -0.05) is 0 Å². The molecule has 0 bridgehead atoms. The molecule has 3 rings (SSSR count). The molecule has 0 atom stereocenters. The van der Waals surface area contributed by atoms with Crippen LogP contribution in [0.2, 0.25) is 0 Å². The lowest BCUT2D eigenvalue weighted by Gasteiger charge is -2.16. The van der Waals surface area contributed by atoms with E-state index in [1.165, 1.54) is 25.3 Å². The molecule has 0 radical (unpaired) electrons. The molecule has 0 N–H and O–H groups in total. The third-order valence-corrected chi connectivity index (χ3v) is 4.84. The molecule has 1 aromatic carbocycles. The summed E-state index contributed by atoms with van der Waals surface area (Å²) in [6.07, 6.45) is -3.59. The van der Waals surface area contributed by atoms with Gasteiger partial charge >= 0.3 is 11.9 Å². The van der Waals surface area contributed by atoms with Gasteiger partial charge in [-0.3, -0.25) is 14.2 Å². The van der Waals surface area contributed by atoms with Crippen molar-refractivity contribution in [2.45, 2.75) is 13.1 Å². The first kappa shape index (κ1) is 24.2. The van der Waals surface area contributed by atoms with Gasteiger partial charge in [-0.2, -0.15) is 13.2 Å². The van der Waals surface area contributed by atoms with Crippen molar-refractivity contribution in [2.75, 3.05) is 6.61 Å². The lowest BCUT2D eigenvalue weighted by atomic mass is 10.2. The van der Waals surface area contributed by atoms with Crippen LogP contribution in [-0.2, 0) is 18.0 Å². The number of hydrogen-bond acceptors (Lipinski definition) is 6. The van der Waals surface area contributed by atoms with Crippen LogP contribution in [0, 0.1) is 5.82 Å². The maximum absolute atomic E-state index is 14.7. The summed E-state index contributed by atoms with van der Waals surface area (Å²) in [4.78, 5) is 40.0. The van der Waals surface area contributed by atoms with Crippen LogP contribution in [0.3, 0.4) is 0 Å². The number of nitrogens with zero attached hydrogens (tertiary/aromatic N) is 3. The van der Waals surface area contributed by atoms with Gasteiger partial charge in [-0.15, -0.1) is 0 Å². The molecule has 3 aromatic rings. The molecule has 2 aromatic heterocycles. The third-order valence-electron chi connectivity index (χ3n) is 4.22. The van der Waals surface area contributed by atoms with Crippen LogP contribution in [0.5, 0.6) is 17.4 Å². The predicted octanol–water partition coefficient (Wildman–Crippen LogP) is 3.61. The zero-order valence-corrected chi connectivity index (χ0v) is 18.5. The number of ketones is 1. The summed E-state index contributed by atoms with van der Waals surface area (Å²) in [5.41, 5.74) is -4.91. The van der Waals surface area contributed by atoms with Gasteiger partial charge < -0.3 is 9.47 Å². The molecule has 0 aliphatic carbocycles. The third kappa shape index (κ3) is 5.13. The number of ether oxygens (including phenoxy) is 2. The lowest BCUT2D eigenvalue weighted by molar-refractivity contribution is -0.144. The summed E-state index contributed by atoms with van der Waals surface area (Å²) in [5, 5.41) is 0. The first-order valence-electron chi connectivity index (χ1n) is 9.05. The van der Waals surface area contributed by atoms with Crippen LogP contribution < -0.4 is 20.7 Å². The van der Waals surface area contributed by atoms with E-state index in [1.807, 2.05) is 0 Å². The minimum absolute atomic E-state index is 0.0182. The number of aromatic nitrogens is 3. The minimum atomic E-state index is -4.96. The van der Waals surface area contributed by atoms with Gasteiger partial charge in [0.15, 0.2) is 11.5 Å². The maximum Gasteiger partial charge on any atom is 0.431 e. The molecular weight excluding hydrogens is 518 g/mol. The zero-order chi connectivity index (χ0) is 24.5. The summed E-state index contributed by atoms with van der Waals surface area (Å²) >= 11 is 3.09. The van der Waals surface area contributed by atoms with E-state index in [1.54, 1.807) is 0 Å². The van der Waals surface area contributed by atoms with Gasteiger partial charge in [0.1, 0.15) is 23.9 Å². The summed E-state index contributed by atoms with van der Waals surface area (Å²) < 4.78 is 65.4. The van der Waals surface area contributed by atoms with Crippen molar-refractivity contribution in [3.8, 4) is 23.1 Å². The molecule has 2 heterocycles. The Morgan fingerprint density at radius 3 is 2.52 bits per heavy atom.